The zero-order chi connectivity index (χ0) is 12.4. The SMILES string of the molecule is CC1CNCC1C(=O)Cc1ccc(F)c(Br)c1. The van der Waals surface area contributed by atoms with Crippen molar-refractivity contribution in [3.63, 3.8) is 0 Å². The summed E-state index contributed by atoms with van der Waals surface area (Å²) >= 11 is 3.13. The van der Waals surface area contributed by atoms with Gasteiger partial charge in [-0.3, -0.25) is 4.79 Å². The van der Waals surface area contributed by atoms with Crippen LogP contribution in [0.1, 0.15) is 12.5 Å². The third-order valence-electron chi connectivity index (χ3n) is 3.29. The van der Waals surface area contributed by atoms with E-state index in [0.29, 0.717) is 16.8 Å². The molecule has 1 fully saturated rings. The minimum absolute atomic E-state index is 0.0961. The van der Waals surface area contributed by atoms with Crippen LogP contribution in [-0.2, 0) is 11.2 Å². The number of carbonyl (C=O) groups is 1. The van der Waals surface area contributed by atoms with Crippen LogP contribution >= 0.6 is 15.9 Å². The average Bonchev–Trinajstić information content (AvgIpc) is 2.70. The lowest BCUT2D eigenvalue weighted by molar-refractivity contribution is -0.122. The van der Waals surface area contributed by atoms with E-state index in [1.807, 2.05) is 0 Å². The number of halogens is 2. The Morgan fingerprint density at radius 2 is 2.29 bits per heavy atom. The summed E-state index contributed by atoms with van der Waals surface area (Å²) in [5.74, 6) is 0.434. The Morgan fingerprint density at radius 1 is 1.53 bits per heavy atom. The average molecular weight is 300 g/mol. The number of ketones is 1. The summed E-state index contributed by atoms with van der Waals surface area (Å²) in [5.41, 5.74) is 0.863. The molecule has 2 nitrogen and oxygen atoms in total. The number of hydrogen-bond acceptors (Lipinski definition) is 2. The zero-order valence-corrected chi connectivity index (χ0v) is 11.3. The van der Waals surface area contributed by atoms with Gasteiger partial charge in [0.1, 0.15) is 11.6 Å². The Hall–Kier alpha value is -0.740. The molecule has 1 N–H and O–H groups in total. The second-order valence-corrected chi connectivity index (χ2v) is 5.49. The number of nitrogens with one attached hydrogen (secondary N) is 1. The molecule has 1 aliphatic heterocycles. The van der Waals surface area contributed by atoms with Gasteiger partial charge in [-0.25, -0.2) is 4.39 Å². The van der Waals surface area contributed by atoms with Gasteiger partial charge in [0.2, 0.25) is 0 Å². The molecule has 1 heterocycles. The highest BCUT2D eigenvalue weighted by molar-refractivity contribution is 9.10. The van der Waals surface area contributed by atoms with Crippen molar-refractivity contribution in [3.8, 4) is 0 Å². The summed E-state index contributed by atoms with van der Waals surface area (Å²) in [7, 11) is 0. The van der Waals surface area contributed by atoms with Gasteiger partial charge in [0.05, 0.1) is 4.47 Å². The van der Waals surface area contributed by atoms with E-state index in [9.17, 15) is 9.18 Å². The quantitative estimate of drug-likeness (QED) is 0.929. The second kappa shape index (κ2) is 5.27. The van der Waals surface area contributed by atoms with Crippen LogP contribution in [0.5, 0.6) is 0 Å². The van der Waals surface area contributed by atoms with Crippen molar-refractivity contribution >= 4 is 21.7 Å². The molecule has 0 aromatic heterocycles. The number of Topliss-reactive ketones (excluding diaryl/α,β-unsaturated/α-hetero) is 1. The summed E-state index contributed by atoms with van der Waals surface area (Å²) in [6.07, 6.45) is 0.384. The van der Waals surface area contributed by atoms with E-state index in [1.54, 1.807) is 12.1 Å². The second-order valence-electron chi connectivity index (χ2n) is 4.63. The highest BCUT2D eigenvalue weighted by Gasteiger charge is 2.29. The minimum atomic E-state index is -0.294. The molecular weight excluding hydrogens is 285 g/mol. The van der Waals surface area contributed by atoms with Crippen LogP contribution in [0.15, 0.2) is 22.7 Å². The lowest BCUT2D eigenvalue weighted by atomic mass is 9.90. The first-order valence-corrected chi connectivity index (χ1v) is 6.54. The smallest absolute Gasteiger partial charge is 0.141 e. The van der Waals surface area contributed by atoms with Gasteiger partial charge in [-0.15, -0.1) is 0 Å². The van der Waals surface area contributed by atoms with Gasteiger partial charge in [0.15, 0.2) is 0 Å². The number of rotatable bonds is 3. The lowest BCUT2D eigenvalue weighted by Crippen LogP contribution is -2.23. The molecule has 17 heavy (non-hydrogen) atoms. The van der Waals surface area contributed by atoms with Gasteiger partial charge in [-0.1, -0.05) is 13.0 Å². The van der Waals surface area contributed by atoms with Crippen LogP contribution in [0.3, 0.4) is 0 Å². The monoisotopic (exact) mass is 299 g/mol. The van der Waals surface area contributed by atoms with Crippen LogP contribution in [0.4, 0.5) is 4.39 Å². The zero-order valence-electron chi connectivity index (χ0n) is 9.67. The summed E-state index contributed by atoms with van der Waals surface area (Å²) in [6.45, 7) is 3.76. The fraction of sp³-hybridized carbons (Fsp3) is 0.462. The van der Waals surface area contributed by atoms with Gasteiger partial charge < -0.3 is 5.32 Å². The molecule has 4 heteroatoms. The van der Waals surface area contributed by atoms with Crippen LogP contribution in [-0.4, -0.2) is 18.9 Å². The van der Waals surface area contributed by atoms with E-state index in [-0.39, 0.29) is 17.5 Å². The molecule has 2 unspecified atom stereocenters. The third-order valence-corrected chi connectivity index (χ3v) is 3.90. The van der Waals surface area contributed by atoms with Crippen molar-refractivity contribution in [2.45, 2.75) is 13.3 Å². The molecule has 0 bridgehead atoms. The summed E-state index contributed by atoms with van der Waals surface area (Å²) in [4.78, 5) is 12.1. The summed E-state index contributed by atoms with van der Waals surface area (Å²) < 4.78 is 13.5. The Bertz CT molecular complexity index is 435. The predicted octanol–water partition coefficient (Wildman–Crippen LogP) is 2.56. The first kappa shape index (κ1) is 12.7. The van der Waals surface area contributed by atoms with Crippen LogP contribution in [0, 0.1) is 17.7 Å². The fourth-order valence-electron chi connectivity index (χ4n) is 2.22. The number of benzene rings is 1. The first-order valence-electron chi connectivity index (χ1n) is 5.75. The van der Waals surface area contributed by atoms with Gasteiger partial charge in [0.25, 0.3) is 0 Å². The molecule has 2 atom stereocenters. The van der Waals surface area contributed by atoms with Crippen molar-refractivity contribution in [3.05, 3.63) is 34.1 Å². The molecule has 2 rings (SSSR count). The predicted molar refractivity (Wildman–Crippen MR) is 68.3 cm³/mol. The van der Waals surface area contributed by atoms with Gasteiger partial charge in [-0.2, -0.15) is 0 Å². The first-order chi connectivity index (χ1) is 8.08. The molecule has 0 radical (unpaired) electrons. The molecule has 1 aromatic rings. The van der Waals surface area contributed by atoms with Crippen LogP contribution in [0.25, 0.3) is 0 Å². The molecular formula is C13H15BrFNO. The highest BCUT2D eigenvalue weighted by atomic mass is 79.9. The molecule has 92 valence electrons. The van der Waals surface area contributed by atoms with E-state index in [0.717, 1.165) is 18.7 Å². The van der Waals surface area contributed by atoms with E-state index in [4.69, 9.17) is 0 Å². The maximum atomic E-state index is 13.1. The third kappa shape index (κ3) is 2.93. The molecule has 1 aliphatic rings. The van der Waals surface area contributed by atoms with Gasteiger partial charge in [0, 0.05) is 18.9 Å². The largest absolute Gasteiger partial charge is 0.316 e. The Balaban J connectivity index is 2.05. The molecule has 1 saturated heterocycles. The van der Waals surface area contributed by atoms with Crippen molar-refractivity contribution in [1.29, 1.82) is 0 Å². The Kier molecular flexibility index (Phi) is 3.94. The normalized spacial score (nSPS) is 23.9. The number of hydrogen-bond donors (Lipinski definition) is 1. The van der Waals surface area contributed by atoms with Gasteiger partial charge >= 0.3 is 0 Å². The van der Waals surface area contributed by atoms with E-state index >= 15 is 0 Å². The lowest BCUT2D eigenvalue weighted by Gasteiger charge is -2.12. The summed E-state index contributed by atoms with van der Waals surface area (Å²) in [5, 5.41) is 3.22. The van der Waals surface area contributed by atoms with E-state index < -0.39 is 0 Å². The fourth-order valence-corrected chi connectivity index (χ4v) is 2.65. The molecule has 0 saturated carbocycles. The van der Waals surface area contributed by atoms with Crippen LogP contribution < -0.4 is 5.32 Å². The topological polar surface area (TPSA) is 29.1 Å². The molecule has 1 aromatic carbocycles. The summed E-state index contributed by atoms with van der Waals surface area (Å²) in [6, 6.07) is 4.74. The van der Waals surface area contributed by atoms with Crippen LogP contribution in [0.2, 0.25) is 0 Å². The molecule has 0 amide bonds. The maximum absolute atomic E-state index is 13.1. The highest BCUT2D eigenvalue weighted by Crippen LogP contribution is 2.21. The Morgan fingerprint density at radius 3 is 2.88 bits per heavy atom. The molecule has 0 spiro atoms. The Labute approximate surface area is 109 Å². The maximum Gasteiger partial charge on any atom is 0.141 e. The van der Waals surface area contributed by atoms with E-state index in [2.05, 4.69) is 28.2 Å². The number of carbonyl (C=O) groups excluding carboxylic acids is 1. The van der Waals surface area contributed by atoms with Crippen molar-refractivity contribution in [1.82, 2.24) is 5.32 Å². The minimum Gasteiger partial charge on any atom is -0.316 e. The van der Waals surface area contributed by atoms with Crippen molar-refractivity contribution < 1.29 is 9.18 Å². The molecule has 0 aliphatic carbocycles. The van der Waals surface area contributed by atoms with Crippen molar-refractivity contribution in [2.75, 3.05) is 13.1 Å². The van der Waals surface area contributed by atoms with Crippen molar-refractivity contribution in [2.24, 2.45) is 11.8 Å². The standard InChI is InChI=1S/C13H15BrFNO/c1-8-6-16-7-10(8)13(17)5-9-2-3-12(15)11(14)4-9/h2-4,8,10,16H,5-7H2,1H3. The van der Waals surface area contributed by atoms with E-state index in [1.165, 1.54) is 6.07 Å². The van der Waals surface area contributed by atoms with Gasteiger partial charge in [-0.05, 0) is 46.1 Å².